The van der Waals surface area contributed by atoms with Gasteiger partial charge < -0.3 is 0 Å². The molecule has 7 heteroatoms. The van der Waals surface area contributed by atoms with Gasteiger partial charge in [-0.1, -0.05) is 84.6 Å². The predicted octanol–water partition coefficient (Wildman–Crippen LogP) is 5.69. The van der Waals surface area contributed by atoms with Crippen molar-refractivity contribution in [3.8, 4) is 22.5 Å². The minimum absolute atomic E-state index is 0.0770. The van der Waals surface area contributed by atoms with Gasteiger partial charge in [-0.25, -0.2) is 9.97 Å². The molecule has 1 aromatic heterocycles. The lowest BCUT2D eigenvalue weighted by Crippen LogP contribution is -2.04. The molecule has 0 unspecified atom stereocenters. The summed E-state index contributed by atoms with van der Waals surface area (Å²) in [6.07, 6.45) is 0. The number of Topliss-reactive ketones (excluding diaryl/α,β-unsaturated/α-hetero) is 1. The molecule has 1 heterocycles. The summed E-state index contributed by atoms with van der Waals surface area (Å²) in [5.74, 6) is -0.142. The van der Waals surface area contributed by atoms with E-state index in [4.69, 9.17) is 0 Å². The number of hydrogen-bond donors (Lipinski definition) is 0. The maximum Gasteiger partial charge on any atom is 0.270 e. The summed E-state index contributed by atoms with van der Waals surface area (Å²) in [5.41, 5.74) is 3.62. The normalized spacial score (nSPS) is 10.6. The van der Waals surface area contributed by atoms with Crippen LogP contribution in [0.15, 0.2) is 96.2 Å². The van der Waals surface area contributed by atoms with Gasteiger partial charge in [0, 0.05) is 28.8 Å². The summed E-state index contributed by atoms with van der Waals surface area (Å²) >= 11 is 1.21. The van der Waals surface area contributed by atoms with Gasteiger partial charge in [-0.15, -0.1) is 0 Å². The molecule has 0 fully saturated rings. The molecule has 152 valence electrons. The fourth-order valence-corrected chi connectivity index (χ4v) is 3.76. The molecule has 4 aromatic rings. The van der Waals surface area contributed by atoms with Crippen LogP contribution in [0.3, 0.4) is 0 Å². The Hall–Kier alpha value is -3.84. The van der Waals surface area contributed by atoms with Crippen molar-refractivity contribution in [3.05, 3.63) is 107 Å². The summed E-state index contributed by atoms with van der Waals surface area (Å²) in [6, 6.07) is 27.2. The van der Waals surface area contributed by atoms with Crippen LogP contribution in [0.4, 0.5) is 5.69 Å². The van der Waals surface area contributed by atoms with Crippen LogP contribution in [0.1, 0.15) is 10.4 Å². The first-order chi connectivity index (χ1) is 15.1. The number of nitro groups is 1. The number of nitrogens with zero attached hydrogens (tertiary/aromatic N) is 3. The van der Waals surface area contributed by atoms with Gasteiger partial charge in [-0.3, -0.25) is 14.9 Å². The second-order valence-corrected chi connectivity index (χ2v) is 7.61. The topological polar surface area (TPSA) is 86.0 Å². The molecule has 31 heavy (non-hydrogen) atoms. The molecule has 6 nitrogen and oxygen atoms in total. The van der Waals surface area contributed by atoms with Crippen LogP contribution in [0.5, 0.6) is 0 Å². The van der Waals surface area contributed by atoms with E-state index in [1.165, 1.54) is 30.0 Å². The highest BCUT2D eigenvalue weighted by molar-refractivity contribution is 7.99. The van der Waals surface area contributed by atoms with Gasteiger partial charge in [0.1, 0.15) is 0 Å². The van der Waals surface area contributed by atoms with E-state index in [0.29, 0.717) is 10.7 Å². The minimum Gasteiger partial charge on any atom is -0.293 e. The molecular formula is C24H17N3O3S. The molecule has 0 aliphatic carbocycles. The third kappa shape index (κ3) is 5.02. The molecule has 0 N–H and O–H groups in total. The van der Waals surface area contributed by atoms with Crippen LogP contribution in [-0.4, -0.2) is 26.4 Å². The van der Waals surface area contributed by atoms with Crippen molar-refractivity contribution in [3.63, 3.8) is 0 Å². The molecule has 4 rings (SSSR count). The number of rotatable bonds is 7. The second-order valence-electron chi connectivity index (χ2n) is 6.67. The zero-order valence-electron chi connectivity index (χ0n) is 16.3. The lowest BCUT2D eigenvalue weighted by atomic mass is 10.1. The number of benzene rings is 3. The van der Waals surface area contributed by atoms with Crippen molar-refractivity contribution in [1.29, 1.82) is 0 Å². The van der Waals surface area contributed by atoms with Gasteiger partial charge in [-0.05, 0) is 6.07 Å². The van der Waals surface area contributed by atoms with Gasteiger partial charge in [0.05, 0.1) is 22.1 Å². The van der Waals surface area contributed by atoms with Crippen LogP contribution in [0.25, 0.3) is 22.5 Å². The summed E-state index contributed by atoms with van der Waals surface area (Å²) in [4.78, 5) is 32.3. The van der Waals surface area contributed by atoms with Crippen molar-refractivity contribution < 1.29 is 9.72 Å². The van der Waals surface area contributed by atoms with Gasteiger partial charge in [0.15, 0.2) is 10.9 Å². The van der Waals surface area contributed by atoms with Gasteiger partial charge >= 0.3 is 0 Å². The van der Waals surface area contributed by atoms with E-state index in [0.717, 1.165) is 22.5 Å². The SMILES string of the molecule is O=C(CSc1nc(-c2ccccc2)cc(-c2ccccc2)n1)c1cccc([N+](=O)[O-])c1. The second kappa shape index (κ2) is 9.32. The van der Waals surface area contributed by atoms with E-state index in [1.54, 1.807) is 6.07 Å². The molecule has 0 amide bonds. The fraction of sp³-hybridized carbons (Fsp3) is 0.0417. The van der Waals surface area contributed by atoms with Gasteiger partial charge in [0.2, 0.25) is 0 Å². The van der Waals surface area contributed by atoms with E-state index in [9.17, 15) is 14.9 Å². The first-order valence-electron chi connectivity index (χ1n) is 9.50. The number of aromatic nitrogens is 2. The van der Waals surface area contributed by atoms with Crippen LogP contribution in [0.2, 0.25) is 0 Å². The zero-order valence-corrected chi connectivity index (χ0v) is 17.2. The smallest absolute Gasteiger partial charge is 0.270 e. The van der Waals surface area contributed by atoms with Gasteiger partial charge in [0.25, 0.3) is 5.69 Å². The largest absolute Gasteiger partial charge is 0.293 e. The molecule has 3 aromatic carbocycles. The van der Waals surface area contributed by atoms with E-state index < -0.39 is 4.92 Å². The number of hydrogen-bond acceptors (Lipinski definition) is 6. The number of non-ortho nitro benzene ring substituents is 1. The molecular weight excluding hydrogens is 410 g/mol. The van der Waals surface area contributed by atoms with Crippen LogP contribution < -0.4 is 0 Å². The van der Waals surface area contributed by atoms with Crippen molar-refractivity contribution in [1.82, 2.24) is 9.97 Å². The Bertz CT molecular complexity index is 1170. The lowest BCUT2D eigenvalue weighted by molar-refractivity contribution is -0.384. The average molecular weight is 427 g/mol. The molecule has 0 saturated heterocycles. The number of carbonyl (C=O) groups is 1. The maximum atomic E-state index is 12.6. The number of thioether (sulfide) groups is 1. The van der Waals surface area contributed by atoms with Gasteiger partial charge in [-0.2, -0.15) is 0 Å². The lowest BCUT2D eigenvalue weighted by Gasteiger charge is -2.08. The average Bonchev–Trinajstić information content (AvgIpc) is 2.83. The highest BCUT2D eigenvalue weighted by Gasteiger charge is 2.14. The fourth-order valence-electron chi connectivity index (χ4n) is 3.01. The van der Waals surface area contributed by atoms with Crippen molar-refractivity contribution in [2.45, 2.75) is 5.16 Å². The van der Waals surface area contributed by atoms with Crippen molar-refractivity contribution in [2.75, 3.05) is 5.75 Å². The molecule has 0 aliphatic rings. The highest BCUT2D eigenvalue weighted by atomic mass is 32.2. The minimum atomic E-state index is -0.511. The van der Waals surface area contributed by atoms with E-state index in [1.807, 2.05) is 66.7 Å². The summed E-state index contributed by atoms with van der Waals surface area (Å²) in [7, 11) is 0. The Balaban J connectivity index is 1.62. The molecule has 0 aliphatic heterocycles. The first-order valence-corrected chi connectivity index (χ1v) is 10.5. The number of nitro benzene ring substituents is 1. The third-order valence-corrected chi connectivity index (χ3v) is 5.40. The Morgan fingerprint density at radius 2 is 1.39 bits per heavy atom. The quantitative estimate of drug-likeness (QED) is 0.124. The Morgan fingerprint density at radius 3 is 1.94 bits per heavy atom. The summed E-state index contributed by atoms with van der Waals surface area (Å²) in [5, 5.41) is 11.4. The third-order valence-electron chi connectivity index (χ3n) is 4.56. The van der Waals surface area contributed by atoms with E-state index in [2.05, 4.69) is 9.97 Å². The molecule has 0 saturated carbocycles. The Labute approximate surface area is 183 Å². The van der Waals surface area contributed by atoms with Crippen LogP contribution in [-0.2, 0) is 0 Å². The van der Waals surface area contributed by atoms with E-state index in [-0.39, 0.29) is 17.2 Å². The van der Waals surface area contributed by atoms with E-state index >= 15 is 0 Å². The van der Waals surface area contributed by atoms with Crippen LogP contribution in [0, 0.1) is 10.1 Å². The first kappa shape index (κ1) is 20.4. The monoisotopic (exact) mass is 427 g/mol. The maximum absolute atomic E-state index is 12.6. The molecule has 0 spiro atoms. The summed E-state index contributed by atoms with van der Waals surface area (Å²) < 4.78 is 0. The number of ketones is 1. The van der Waals surface area contributed by atoms with Crippen molar-refractivity contribution >= 4 is 23.2 Å². The molecule has 0 bridgehead atoms. The number of carbonyl (C=O) groups excluding carboxylic acids is 1. The Morgan fingerprint density at radius 1 is 0.806 bits per heavy atom. The van der Waals surface area contributed by atoms with Crippen molar-refractivity contribution in [2.24, 2.45) is 0 Å². The van der Waals surface area contributed by atoms with Crippen LogP contribution >= 0.6 is 11.8 Å². The standard InChI is InChI=1S/C24H17N3O3S/c28-23(19-12-7-13-20(14-19)27(29)30)16-31-24-25-21(17-8-3-1-4-9-17)15-22(26-24)18-10-5-2-6-11-18/h1-15H,16H2. The summed E-state index contributed by atoms with van der Waals surface area (Å²) in [6.45, 7) is 0. The zero-order chi connectivity index (χ0) is 21.6. The Kier molecular flexibility index (Phi) is 6.14. The predicted molar refractivity (Wildman–Crippen MR) is 121 cm³/mol. The molecule has 0 radical (unpaired) electrons. The highest BCUT2D eigenvalue weighted by Crippen LogP contribution is 2.27. The molecule has 0 atom stereocenters.